The normalized spacial score (nSPS) is 10.7. The number of nitrogens with one attached hydrogen (secondary N) is 2. The third-order valence-corrected chi connectivity index (χ3v) is 3.97. The van der Waals surface area contributed by atoms with Crippen LogP contribution in [0.2, 0.25) is 0 Å². The number of H-pyrrole nitrogens is 2. The molecule has 0 saturated carbocycles. The number of ether oxygens (including phenoxy) is 1. The van der Waals surface area contributed by atoms with Crippen molar-refractivity contribution in [2.24, 2.45) is 0 Å². The van der Waals surface area contributed by atoms with E-state index in [2.05, 4.69) is 15.2 Å². The highest BCUT2D eigenvalue weighted by atomic mass is 32.1. The molecule has 0 atom stereocenters. The Morgan fingerprint density at radius 3 is 2.74 bits per heavy atom. The van der Waals surface area contributed by atoms with E-state index in [4.69, 9.17) is 4.74 Å². The third-order valence-electron chi connectivity index (χ3n) is 3.11. The molecule has 0 radical (unpaired) electrons. The van der Waals surface area contributed by atoms with Gasteiger partial charge in [-0.25, -0.2) is 14.2 Å². The van der Waals surface area contributed by atoms with Crippen LogP contribution in [0.25, 0.3) is 21.8 Å². The smallest absolute Gasteiger partial charge is 0.357 e. The molecule has 0 aliphatic heterocycles. The molecule has 0 aliphatic carbocycles. The summed E-state index contributed by atoms with van der Waals surface area (Å²) in [6, 6.07) is 5.57. The zero-order valence-electron chi connectivity index (χ0n) is 12.1. The Morgan fingerprint density at radius 1 is 1.30 bits per heavy atom. The Bertz CT molecular complexity index is 895. The van der Waals surface area contributed by atoms with Crippen LogP contribution in [0.3, 0.4) is 0 Å². The third kappa shape index (κ3) is 2.93. The van der Waals surface area contributed by atoms with Crippen molar-refractivity contribution < 1.29 is 13.9 Å². The fraction of sp³-hybridized carbons (Fsp3) is 0.133. The molecule has 23 heavy (non-hydrogen) atoms. The molecule has 2 heterocycles. The van der Waals surface area contributed by atoms with Crippen LogP contribution in [0, 0.1) is 5.82 Å². The van der Waals surface area contributed by atoms with Crippen molar-refractivity contribution in [1.29, 1.82) is 0 Å². The van der Waals surface area contributed by atoms with Crippen molar-refractivity contribution in [2.75, 3.05) is 6.61 Å². The first-order valence-corrected chi connectivity index (χ1v) is 7.67. The Hall–Kier alpha value is -2.74. The SMILES string of the molecule is CCOC(=O)c1csc(-c2[nH][nH]c(=O)c2-c2ccc(F)cc2)n1. The molecule has 0 bridgehead atoms. The number of esters is 1. The maximum absolute atomic E-state index is 13.1. The predicted octanol–water partition coefficient (Wildman–Crippen LogP) is 2.81. The highest BCUT2D eigenvalue weighted by Gasteiger charge is 2.19. The van der Waals surface area contributed by atoms with Crippen LogP contribution in [0.4, 0.5) is 4.39 Å². The quantitative estimate of drug-likeness (QED) is 0.719. The molecule has 2 aromatic heterocycles. The lowest BCUT2D eigenvalue weighted by Crippen LogP contribution is -2.04. The summed E-state index contributed by atoms with van der Waals surface area (Å²) in [6.07, 6.45) is 0. The van der Waals surface area contributed by atoms with Gasteiger partial charge in [-0.2, -0.15) is 0 Å². The molecule has 0 spiro atoms. The zero-order valence-corrected chi connectivity index (χ0v) is 12.9. The summed E-state index contributed by atoms with van der Waals surface area (Å²) < 4.78 is 18.0. The fourth-order valence-corrected chi connectivity index (χ4v) is 2.89. The van der Waals surface area contributed by atoms with Crippen LogP contribution in [-0.2, 0) is 4.74 Å². The van der Waals surface area contributed by atoms with Gasteiger partial charge in [-0.3, -0.25) is 15.0 Å². The fourth-order valence-electron chi connectivity index (χ4n) is 2.10. The molecule has 1 aromatic carbocycles. The molecule has 3 rings (SSSR count). The Morgan fingerprint density at radius 2 is 2.04 bits per heavy atom. The van der Waals surface area contributed by atoms with Gasteiger partial charge in [0.2, 0.25) is 0 Å². The van der Waals surface area contributed by atoms with Gasteiger partial charge in [0, 0.05) is 5.38 Å². The number of hydrogen-bond donors (Lipinski definition) is 2. The average molecular weight is 333 g/mol. The molecule has 118 valence electrons. The molecular weight excluding hydrogens is 321 g/mol. The number of rotatable bonds is 4. The summed E-state index contributed by atoms with van der Waals surface area (Å²) in [5, 5.41) is 7.27. The number of aromatic amines is 2. The van der Waals surface area contributed by atoms with Crippen molar-refractivity contribution >= 4 is 17.3 Å². The van der Waals surface area contributed by atoms with Gasteiger partial charge in [-0.1, -0.05) is 12.1 Å². The molecule has 3 aromatic rings. The van der Waals surface area contributed by atoms with Gasteiger partial charge in [-0.15, -0.1) is 11.3 Å². The van der Waals surface area contributed by atoms with Crippen molar-refractivity contribution in [1.82, 2.24) is 15.2 Å². The van der Waals surface area contributed by atoms with Gasteiger partial charge in [0.1, 0.15) is 16.5 Å². The van der Waals surface area contributed by atoms with Crippen LogP contribution in [0.15, 0.2) is 34.4 Å². The molecule has 8 heteroatoms. The molecule has 0 unspecified atom stereocenters. The van der Waals surface area contributed by atoms with Crippen molar-refractivity contribution in [2.45, 2.75) is 6.92 Å². The van der Waals surface area contributed by atoms with Gasteiger partial charge < -0.3 is 4.74 Å². The first-order valence-electron chi connectivity index (χ1n) is 6.79. The van der Waals surface area contributed by atoms with E-state index < -0.39 is 5.97 Å². The summed E-state index contributed by atoms with van der Waals surface area (Å²) in [5.74, 6) is -0.905. The van der Waals surface area contributed by atoms with E-state index in [-0.39, 0.29) is 23.7 Å². The monoisotopic (exact) mass is 333 g/mol. The van der Waals surface area contributed by atoms with E-state index in [0.29, 0.717) is 21.8 Å². The molecule has 0 amide bonds. The maximum atomic E-state index is 13.1. The molecular formula is C15H12FN3O3S. The van der Waals surface area contributed by atoms with E-state index >= 15 is 0 Å². The van der Waals surface area contributed by atoms with Crippen LogP contribution in [0.1, 0.15) is 17.4 Å². The Labute approximate surface area is 133 Å². The first kappa shape index (κ1) is 15.2. The van der Waals surface area contributed by atoms with E-state index in [1.54, 1.807) is 12.3 Å². The molecule has 0 fully saturated rings. The minimum absolute atomic E-state index is 0.180. The van der Waals surface area contributed by atoms with Crippen LogP contribution >= 0.6 is 11.3 Å². The zero-order chi connectivity index (χ0) is 16.4. The summed E-state index contributed by atoms with van der Waals surface area (Å²) in [4.78, 5) is 27.9. The lowest BCUT2D eigenvalue weighted by Gasteiger charge is -2.00. The minimum atomic E-state index is -0.517. The predicted molar refractivity (Wildman–Crippen MR) is 83.9 cm³/mol. The summed E-state index contributed by atoms with van der Waals surface area (Å²) in [7, 11) is 0. The van der Waals surface area contributed by atoms with Crippen LogP contribution in [0.5, 0.6) is 0 Å². The van der Waals surface area contributed by atoms with Gasteiger partial charge in [-0.05, 0) is 24.6 Å². The Kier molecular flexibility index (Phi) is 4.07. The highest BCUT2D eigenvalue weighted by molar-refractivity contribution is 7.13. The number of thiazole rings is 1. The molecule has 2 N–H and O–H groups in total. The van der Waals surface area contributed by atoms with E-state index in [1.165, 1.54) is 35.6 Å². The number of carbonyl (C=O) groups excluding carboxylic acids is 1. The lowest BCUT2D eigenvalue weighted by molar-refractivity contribution is 0.0520. The second-order valence-electron chi connectivity index (χ2n) is 4.59. The second-order valence-corrected chi connectivity index (χ2v) is 5.45. The van der Waals surface area contributed by atoms with Crippen molar-refractivity contribution in [3.05, 3.63) is 51.5 Å². The van der Waals surface area contributed by atoms with Gasteiger partial charge in [0.15, 0.2) is 5.69 Å². The second kappa shape index (κ2) is 6.17. The van der Waals surface area contributed by atoms with Crippen molar-refractivity contribution in [3.8, 4) is 21.8 Å². The number of carbonyl (C=O) groups is 1. The number of nitrogens with zero attached hydrogens (tertiary/aromatic N) is 1. The topological polar surface area (TPSA) is 87.8 Å². The first-order chi connectivity index (χ1) is 11.1. The minimum Gasteiger partial charge on any atom is -0.461 e. The Balaban J connectivity index is 2.03. The number of aromatic nitrogens is 3. The van der Waals surface area contributed by atoms with Gasteiger partial charge in [0.05, 0.1) is 12.2 Å². The van der Waals surface area contributed by atoms with E-state index in [0.717, 1.165) is 0 Å². The van der Waals surface area contributed by atoms with Crippen molar-refractivity contribution in [3.63, 3.8) is 0 Å². The van der Waals surface area contributed by atoms with Gasteiger partial charge in [0.25, 0.3) is 5.56 Å². The van der Waals surface area contributed by atoms with E-state index in [9.17, 15) is 14.0 Å². The van der Waals surface area contributed by atoms with Crippen LogP contribution < -0.4 is 5.56 Å². The summed E-state index contributed by atoms with van der Waals surface area (Å²) in [6.45, 7) is 1.97. The number of benzene rings is 1. The van der Waals surface area contributed by atoms with E-state index in [1.807, 2.05) is 0 Å². The average Bonchev–Trinajstić information content (AvgIpc) is 3.15. The summed E-state index contributed by atoms with van der Waals surface area (Å²) >= 11 is 1.21. The summed E-state index contributed by atoms with van der Waals surface area (Å²) in [5.41, 5.74) is 1.17. The standard InChI is InChI=1S/C15H12FN3O3S/c1-2-22-15(21)10-7-23-14(17-10)12-11(13(20)19-18-12)8-3-5-9(16)6-4-8/h3-7H,2H2,1H3,(H2,18,19,20). The van der Waals surface area contributed by atoms with Gasteiger partial charge >= 0.3 is 5.97 Å². The van der Waals surface area contributed by atoms with Crippen LogP contribution in [-0.4, -0.2) is 27.8 Å². The molecule has 6 nitrogen and oxygen atoms in total. The lowest BCUT2D eigenvalue weighted by atomic mass is 10.1. The molecule has 0 aliphatic rings. The number of hydrogen-bond acceptors (Lipinski definition) is 5. The number of halogens is 1. The largest absolute Gasteiger partial charge is 0.461 e. The highest BCUT2D eigenvalue weighted by Crippen LogP contribution is 2.30. The molecule has 0 saturated heterocycles. The maximum Gasteiger partial charge on any atom is 0.357 e.